The van der Waals surface area contributed by atoms with Gasteiger partial charge in [0.15, 0.2) is 0 Å². The number of piperidine rings is 1. The van der Waals surface area contributed by atoms with Gasteiger partial charge in [-0.05, 0) is 33.2 Å². The largest absolute Gasteiger partial charge is 0.444 e. The van der Waals surface area contributed by atoms with Gasteiger partial charge in [0.25, 0.3) is 0 Å². The number of hydrogen-bond donors (Lipinski definition) is 0. The molecule has 3 rings (SSSR count). The average molecular weight is 275 g/mol. The zero-order chi connectivity index (χ0) is 13.9. The van der Waals surface area contributed by atoms with Crippen molar-refractivity contribution in [1.82, 2.24) is 24.6 Å². The molecule has 2 aromatic rings. The molecule has 3 heterocycles. The summed E-state index contributed by atoms with van der Waals surface area (Å²) in [5.74, 6) is 1.75. The predicted octanol–water partition coefficient (Wildman–Crippen LogP) is 1.94. The van der Waals surface area contributed by atoms with Crippen molar-refractivity contribution in [2.24, 2.45) is 0 Å². The fourth-order valence-corrected chi connectivity index (χ4v) is 2.80. The topological polar surface area (TPSA) is 60.0 Å². The van der Waals surface area contributed by atoms with Crippen LogP contribution in [0.15, 0.2) is 17.1 Å². The first-order valence-corrected chi connectivity index (χ1v) is 7.22. The van der Waals surface area contributed by atoms with Crippen molar-refractivity contribution in [2.45, 2.75) is 52.2 Å². The van der Waals surface area contributed by atoms with Crippen molar-refractivity contribution in [3.63, 3.8) is 0 Å². The lowest BCUT2D eigenvalue weighted by Gasteiger charge is -2.34. The first kappa shape index (κ1) is 13.3. The van der Waals surface area contributed by atoms with Crippen LogP contribution in [0.25, 0.3) is 0 Å². The van der Waals surface area contributed by atoms with Crippen molar-refractivity contribution in [1.29, 1.82) is 0 Å². The maximum atomic E-state index is 5.71. The van der Waals surface area contributed by atoms with Crippen LogP contribution in [0.3, 0.4) is 0 Å². The van der Waals surface area contributed by atoms with Gasteiger partial charge in [0, 0.05) is 6.04 Å². The third-order valence-corrected chi connectivity index (χ3v) is 4.02. The van der Waals surface area contributed by atoms with Gasteiger partial charge in [0.2, 0.25) is 5.89 Å². The van der Waals surface area contributed by atoms with E-state index in [0.717, 1.165) is 37.0 Å². The van der Waals surface area contributed by atoms with E-state index in [1.165, 1.54) is 19.3 Å². The molecule has 0 spiro atoms. The standard InChI is InChI=1S/C14H21N5O/c1-11-12(2)20-14(17-11)8-18-6-4-3-5-13(18)7-19-10-15-9-16-19/h9-10,13H,3-8H2,1-2H3/t13-/m0/s1. The van der Waals surface area contributed by atoms with E-state index in [0.29, 0.717) is 6.04 Å². The molecular formula is C14H21N5O. The molecule has 6 heteroatoms. The minimum atomic E-state index is 0.484. The molecule has 0 radical (unpaired) electrons. The van der Waals surface area contributed by atoms with Crippen LogP contribution in [0, 0.1) is 13.8 Å². The first-order valence-electron chi connectivity index (χ1n) is 7.22. The maximum Gasteiger partial charge on any atom is 0.208 e. The minimum absolute atomic E-state index is 0.484. The Morgan fingerprint density at radius 2 is 2.25 bits per heavy atom. The highest BCUT2D eigenvalue weighted by atomic mass is 16.4. The molecular weight excluding hydrogens is 254 g/mol. The summed E-state index contributed by atoms with van der Waals surface area (Å²) in [7, 11) is 0. The smallest absolute Gasteiger partial charge is 0.208 e. The molecule has 1 saturated heterocycles. The van der Waals surface area contributed by atoms with Crippen molar-refractivity contribution in [2.75, 3.05) is 6.54 Å². The van der Waals surface area contributed by atoms with Crippen molar-refractivity contribution < 1.29 is 4.42 Å². The second-order valence-electron chi connectivity index (χ2n) is 5.49. The van der Waals surface area contributed by atoms with E-state index in [4.69, 9.17) is 4.42 Å². The highest BCUT2D eigenvalue weighted by Gasteiger charge is 2.24. The van der Waals surface area contributed by atoms with Crippen LogP contribution in [0.1, 0.15) is 36.6 Å². The first-order chi connectivity index (χ1) is 9.72. The van der Waals surface area contributed by atoms with Crippen LogP contribution in [0.2, 0.25) is 0 Å². The summed E-state index contributed by atoms with van der Waals surface area (Å²) in [5.41, 5.74) is 0.991. The third-order valence-electron chi connectivity index (χ3n) is 4.02. The number of likely N-dealkylation sites (tertiary alicyclic amines) is 1. The Morgan fingerprint density at radius 3 is 2.95 bits per heavy atom. The summed E-state index contributed by atoms with van der Waals surface area (Å²) < 4.78 is 7.62. The van der Waals surface area contributed by atoms with E-state index in [9.17, 15) is 0 Å². The molecule has 1 atom stereocenters. The van der Waals surface area contributed by atoms with Crippen molar-refractivity contribution in [3.8, 4) is 0 Å². The molecule has 20 heavy (non-hydrogen) atoms. The maximum absolute atomic E-state index is 5.71. The molecule has 1 aliphatic rings. The van der Waals surface area contributed by atoms with E-state index in [1.807, 2.05) is 18.5 Å². The fourth-order valence-electron chi connectivity index (χ4n) is 2.80. The lowest BCUT2D eigenvalue weighted by atomic mass is 10.0. The Bertz CT molecular complexity index is 528. The summed E-state index contributed by atoms with van der Waals surface area (Å²) in [6, 6.07) is 0.484. The minimum Gasteiger partial charge on any atom is -0.444 e. The van der Waals surface area contributed by atoms with E-state index in [2.05, 4.69) is 20.0 Å². The van der Waals surface area contributed by atoms with Crippen molar-refractivity contribution >= 4 is 0 Å². The van der Waals surface area contributed by atoms with E-state index in [-0.39, 0.29) is 0 Å². The summed E-state index contributed by atoms with van der Waals surface area (Å²) in [6.07, 6.45) is 7.09. The van der Waals surface area contributed by atoms with E-state index >= 15 is 0 Å². The van der Waals surface area contributed by atoms with Crippen LogP contribution in [-0.4, -0.2) is 37.2 Å². The van der Waals surface area contributed by atoms with E-state index < -0.39 is 0 Å². The number of aryl methyl sites for hydroxylation is 2. The lowest BCUT2D eigenvalue weighted by molar-refractivity contribution is 0.110. The van der Waals surface area contributed by atoms with Gasteiger partial charge in [-0.3, -0.25) is 9.58 Å². The molecule has 1 fully saturated rings. The van der Waals surface area contributed by atoms with Crippen LogP contribution in [0.4, 0.5) is 0 Å². The Kier molecular flexibility index (Phi) is 3.82. The number of nitrogens with zero attached hydrogens (tertiary/aromatic N) is 5. The third kappa shape index (κ3) is 2.90. The molecule has 0 aliphatic carbocycles. The quantitative estimate of drug-likeness (QED) is 0.853. The number of hydrogen-bond acceptors (Lipinski definition) is 5. The van der Waals surface area contributed by atoms with Crippen LogP contribution >= 0.6 is 0 Å². The SMILES string of the molecule is Cc1nc(CN2CCCC[C@H]2Cn2cncn2)oc1C. The monoisotopic (exact) mass is 275 g/mol. The van der Waals surface area contributed by atoms with Crippen LogP contribution < -0.4 is 0 Å². The Labute approximate surface area is 118 Å². The molecule has 108 valence electrons. The number of aromatic nitrogens is 4. The molecule has 0 unspecified atom stereocenters. The highest BCUT2D eigenvalue weighted by molar-refractivity contribution is 5.05. The molecule has 0 bridgehead atoms. The van der Waals surface area contributed by atoms with Gasteiger partial charge in [-0.15, -0.1) is 0 Å². The van der Waals surface area contributed by atoms with Gasteiger partial charge in [-0.1, -0.05) is 6.42 Å². The van der Waals surface area contributed by atoms with E-state index in [1.54, 1.807) is 12.7 Å². The average Bonchev–Trinajstić information content (AvgIpc) is 3.03. The van der Waals surface area contributed by atoms with Crippen molar-refractivity contribution in [3.05, 3.63) is 30.0 Å². The van der Waals surface area contributed by atoms with Gasteiger partial charge in [0.05, 0.1) is 18.8 Å². The Hall–Kier alpha value is -1.69. The fraction of sp³-hybridized carbons (Fsp3) is 0.643. The summed E-state index contributed by atoms with van der Waals surface area (Å²) in [5, 5.41) is 4.21. The number of oxazole rings is 1. The summed E-state index contributed by atoms with van der Waals surface area (Å²) in [6.45, 7) is 6.73. The van der Waals surface area contributed by atoms with Gasteiger partial charge in [0.1, 0.15) is 18.4 Å². The normalized spacial score (nSPS) is 20.4. The molecule has 1 aliphatic heterocycles. The lowest BCUT2D eigenvalue weighted by Crippen LogP contribution is -2.41. The molecule has 2 aromatic heterocycles. The molecule has 0 N–H and O–H groups in total. The molecule has 6 nitrogen and oxygen atoms in total. The molecule has 0 amide bonds. The summed E-state index contributed by atoms with van der Waals surface area (Å²) >= 11 is 0. The summed E-state index contributed by atoms with van der Waals surface area (Å²) in [4.78, 5) is 11.0. The van der Waals surface area contributed by atoms with Gasteiger partial charge < -0.3 is 4.42 Å². The van der Waals surface area contributed by atoms with Crippen LogP contribution in [-0.2, 0) is 13.1 Å². The second-order valence-corrected chi connectivity index (χ2v) is 5.49. The Balaban J connectivity index is 1.68. The van der Waals surface area contributed by atoms with Gasteiger partial charge in [-0.2, -0.15) is 5.10 Å². The Morgan fingerprint density at radius 1 is 1.35 bits per heavy atom. The zero-order valence-electron chi connectivity index (χ0n) is 12.1. The highest BCUT2D eigenvalue weighted by Crippen LogP contribution is 2.21. The number of rotatable bonds is 4. The predicted molar refractivity (Wildman–Crippen MR) is 74.0 cm³/mol. The molecule has 0 aromatic carbocycles. The second kappa shape index (κ2) is 5.75. The molecule has 0 saturated carbocycles. The van der Waals surface area contributed by atoms with Gasteiger partial charge >= 0.3 is 0 Å². The van der Waals surface area contributed by atoms with Crippen LogP contribution in [0.5, 0.6) is 0 Å². The van der Waals surface area contributed by atoms with Gasteiger partial charge in [-0.25, -0.2) is 9.97 Å². The zero-order valence-corrected chi connectivity index (χ0v) is 12.1.